The molecule has 0 atom stereocenters. The number of carbonyl (C=O) groups is 1. The lowest BCUT2D eigenvalue weighted by atomic mass is 9.96. The molecule has 1 amide bonds. The molecule has 0 spiro atoms. The molecule has 0 saturated carbocycles. The van der Waals surface area contributed by atoms with Gasteiger partial charge in [-0.15, -0.1) is 0 Å². The van der Waals surface area contributed by atoms with Gasteiger partial charge in [-0.2, -0.15) is 5.26 Å². The Morgan fingerprint density at radius 2 is 1.49 bits per heavy atom. The fourth-order valence-electron chi connectivity index (χ4n) is 4.42. The number of nitriles is 1. The van der Waals surface area contributed by atoms with Crippen molar-refractivity contribution >= 4 is 5.91 Å². The lowest BCUT2D eigenvalue weighted by Gasteiger charge is -2.39. The Balaban J connectivity index is 1.35. The predicted molar refractivity (Wildman–Crippen MR) is 135 cm³/mol. The van der Waals surface area contributed by atoms with E-state index >= 15 is 0 Å². The van der Waals surface area contributed by atoms with Gasteiger partial charge in [0.25, 0.3) is 5.91 Å². The van der Waals surface area contributed by atoms with Crippen molar-refractivity contribution in [2.45, 2.75) is 12.5 Å². The summed E-state index contributed by atoms with van der Waals surface area (Å²) in [5, 5.41) is 12.6. The van der Waals surface area contributed by atoms with Gasteiger partial charge in [0.15, 0.2) is 0 Å². The number of halogens is 1. The monoisotopic (exact) mass is 468 g/mol. The van der Waals surface area contributed by atoms with Gasteiger partial charge >= 0.3 is 0 Å². The second kappa shape index (κ2) is 12.0. The number of hydrogen-bond acceptors (Lipinski definition) is 4. The van der Waals surface area contributed by atoms with Crippen molar-refractivity contribution in [1.29, 1.82) is 5.26 Å². The molecule has 0 bridgehead atoms. The molecule has 1 heterocycles. The van der Waals surface area contributed by atoms with E-state index in [1.807, 2.05) is 18.2 Å². The molecule has 1 aliphatic heterocycles. The number of nitrogens with one attached hydrogen (secondary N) is 1. The van der Waals surface area contributed by atoms with Crippen LogP contribution in [0.15, 0.2) is 96.7 Å². The highest BCUT2D eigenvalue weighted by atomic mass is 19.1. The van der Waals surface area contributed by atoms with E-state index in [9.17, 15) is 14.4 Å². The topological polar surface area (TPSA) is 59.4 Å². The molecule has 0 unspecified atom stereocenters. The van der Waals surface area contributed by atoms with Gasteiger partial charge in [0.05, 0.1) is 6.04 Å². The second-order valence-electron chi connectivity index (χ2n) is 8.55. The smallest absolute Gasteiger partial charge is 0.266 e. The van der Waals surface area contributed by atoms with Crippen LogP contribution < -0.4 is 5.32 Å². The molecule has 6 heteroatoms. The Morgan fingerprint density at radius 3 is 2.03 bits per heavy atom. The molecule has 0 aliphatic carbocycles. The fourth-order valence-corrected chi connectivity index (χ4v) is 4.42. The first-order chi connectivity index (χ1) is 17.2. The summed E-state index contributed by atoms with van der Waals surface area (Å²) in [4.78, 5) is 17.1. The molecule has 3 aromatic carbocycles. The highest BCUT2D eigenvalue weighted by molar-refractivity contribution is 5.97. The number of benzene rings is 3. The van der Waals surface area contributed by atoms with Crippen molar-refractivity contribution in [3.05, 3.63) is 119 Å². The highest BCUT2D eigenvalue weighted by Gasteiger charge is 2.29. The molecule has 5 nitrogen and oxygen atoms in total. The van der Waals surface area contributed by atoms with Crippen molar-refractivity contribution < 1.29 is 9.18 Å². The third-order valence-electron chi connectivity index (χ3n) is 6.27. The molecule has 4 rings (SSSR count). The van der Waals surface area contributed by atoms with E-state index < -0.39 is 0 Å². The summed E-state index contributed by atoms with van der Waals surface area (Å²) in [7, 11) is 0. The number of nitrogens with zero attached hydrogens (tertiary/aromatic N) is 3. The zero-order chi connectivity index (χ0) is 24.5. The average Bonchev–Trinajstić information content (AvgIpc) is 2.91. The van der Waals surface area contributed by atoms with Crippen LogP contribution in [-0.2, 0) is 11.2 Å². The quantitative estimate of drug-likeness (QED) is 0.304. The molecule has 1 aliphatic rings. The summed E-state index contributed by atoms with van der Waals surface area (Å²) < 4.78 is 13.0. The third kappa shape index (κ3) is 6.34. The van der Waals surface area contributed by atoms with Gasteiger partial charge < -0.3 is 10.2 Å². The maximum Gasteiger partial charge on any atom is 0.266 e. The Morgan fingerprint density at radius 1 is 0.914 bits per heavy atom. The zero-order valence-corrected chi connectivity index (χ0v) is 19.6. The van der Waals surface area contributed by atoms with E-state index in [1.54, 1.807) is 17.0 Å². The van der Waals surface area contributed by atoms with Crippen molar-refractivity contribution in [3.63, 3.8) is 0 Å². The summed E-state index contributed by atoms with van der Waals surface area (Å²) >= 11 is 0. The van der Waals surface area contributed by atoms with Crippen LogP contribution in [0.3, 0.4) is 0 Å². The minimum absolute atomic E-state index is 0.0974. The number of piperazine rings is 1. The van der Waals surface area contributed by atoms with Crippen LogP contribution in [0.25, 0.3) is 0 Å². The second-order valence-corrected chi connectivity index (χ2v) is 8.55. The van der Waals surface area contributed by atoms with Crippen LogP contribution >= 0.6 is 0 Å². The van der Waals surface area contributed by atoms with Crippen molar-refractivity contribution in [2.24, 2.45) is 0 Å². The van der Waals surface area contributed by atoms with Crippen LogP contribution in [0, 0.1) is 17.1 Å². The number of carbonyl (C=O) groups excluding carboxylic acids is 1. The maximum absolute atomic E-state index is 13.0. The molecule has 1 fully saturated rings. The Hall–Kier alpha value is -3.95. The fraction of sp³-hybridized carbons (Fsp3) is 0.241. The zero-order valence-electron chi connectivity index (χ0n) is 19.6. The highest BCUT2D eigenvalue weighted by Crippen LogP contribution is 2.29. The van der Waals surface area contributed by atoms with E-state index in [1.165, 1.54) is 29.5 Å². The van der Waals surface area contributed by atoms with E-state index in [0.717, 1.165) is 18.7 Å². The van der Waals surface area contributed by atoms with E-state index in [-0.39, 0.29) is 23.3 Å². The molecule has 3 aromatic rings. The Labute approximate surface area is 206 Å². The molecular formula is C29H29FN4O. The molecule has 0 radical (unpaired) electrons. The average molecular weight is 469 g/mol. The summed E-state index contributed by atoms with van der Waals surface area (Å²) in [6, 6.07) is 29.3. The van der Waals surface area contributed by atoms with Gasteiger partial charge in [-0.3, -0.25) is 9.69 Å². The van der Waals surface area contributed by atoms with Gasteiger partial charge in [-0.05, 0) is 35.2 Å². The Kier molecular flexibility index (Phi) is 8.26. The van der Waals surface area contributed by atoms with E-state index in [0.29, 0.717) is 26.1 Å². The molecule has 35 heavy (non-hydrogen) atoms. The first kappa shape index (κ1) is 24.2. The van der Waals surface area contributed by atoms with Crippen LogP contribution in [0.1, 0.15) is 22.7 Å². The van der Waals surface area contributed by atoms with Gasteiger partial charge in [0.2, 0.25) is 0 Å². The van der Waals surface area contributed by atoms with Crippen LogP contribution in [0.4, 0.5) is 4.39 Å². The maximum atomic E-state index is 13.0. The SMILES string of the molecule is N#C/C(=C/NCCc1ccc(F)cc1)C(=O)N1CCN(C(c2ccccc2)c2ccccc2)CC1. The summed E-state index contributed by atoms with van der Waals surface area (Å²) in [6.07, 6.45) is 2.16. The van der Waals surface area contributed by atoms with Crippen LogP contribution in [0.2, 0.25) is 0 Å². The van der Waals surface area contributed by atoms with Gasteiger partial charge in [-0.25, -0.2) is 4.39 Å². The lowest BCUT2D eigenvalue weighted by molar-refractivity contribution is -0.128. The lowest BCUT2D eigenvalue weighted by Crippen LogP contribution is -2.50. The number of amides is 1. The molecular weight excluding hydrogens is 439 g/mol. The first-order valence-electron chi connectivity index (χ1n) is 11.9. The molecule has 0 aromatic heterocycles. The number of hydrogen-bond donors (Lipinski definition) is 1. The van der Waals surface area contributed by atoms with Crippen molar-refractivity contribution in [3.8, 4) is 6.07 Å². The van der Waals surface area contributed by atoms with Crippen molar-refractivity contribution in [1.82, 2.24) is 15.1 Å². The Bertz CT molecular complexity index is 1130. The largest absolute Gasteiger partial charge is 0.389 e. The van der Waals surface area contributed by atoms with Crippen molar-refractivity contribution in [2.75, 3.05) is 32.7 Å². The predicted octanol–water partition coefficient (Wildman–Crippen LogP) is 4.30. The van der Waals surface area contributed by atoms with E-state index in [2.05, 4.69) is 58.7 Å². The molecule has 1 saturated heterocycles. The van der Waals surface area contributed by atoms with Crippen LogP contribution in [-0.4, -0.2) is 48.4 Å². The van der Waals surface area contributed by atoms with E-state index in [4.69, 9.17) is 0 Å². The van der Waals surface area contributed by atoms with Crippen LogP contribution in [0.5, 0.6) is 0 Å². The third-order valence-corrected chi connectivity index (χ3v) is 6.27. The number of rotatable bonds is 8. The summed E-state index contributed by atoms with van der Waals surface area (Å²) in [6.45, 7) is 3.11. The summed E-state index contributed by atoms with van der Waals surface area (Å²) in [5.41, 5.74) is 3.53. The standard InChI is InChI=1S/C29H29FN4O/c30-27-13-11-23(12-14-27)15-16-32-22-26(21-31)29(35)34-19-17-33(18-20-34)28(24-7-3-1-4-8-24)25-9-5-2-6-10-25/h1-14,22,28,32H,15-20H2/b26-22-. The summed E-state index contributed by atoms with van der Waals surface area (Å²) in [5.74, 6) is -0.518. The van der Waals surface area contributed by atoms with Gasteiger partial charge in [0, 0.05) is 38.9 Å². The molecule has 178 valence electrons. The van der Waals surface area contributed by atoms with Gasteiger partial charge in [0.1, 0.15) is 17.5 Å². The molecule has 1 N–H and O–H groups in total. The normalized spacial score (nSPS) is 14.5. The first-order valence-corrected chi connectivity index (χ1v) is 11.9. The minimum Gasteiger partial charge on any atom is -0.389 e. The minimum atomic E-state index is -0.266. The van der Waals surface area contributed by atoms with Gasteiger partial charge in [-0.1, -0.05) is 72.8 Å².